The van der Waals surface area contributed by atoms with Gasteiger partial charge in [-0.2, -0.15) is 0 Å². The van der Waals surface area contributed by atoms with Crippen LogP contribution in [0.3, 0.4) is 0 Å². The lowest BCUT2D eigenvalue weighted by Crippen LogP contribution is -2.37. The number of amides is 1. The SMILES string of the molecule is CCc1ccc([C@H](CNC(=O)c2cc(=O)c3cc(Cl)c(C)cc3o2)N2CCCC2)cc1. The maximum atomic E-state index is 12.9. The average Bonchev–Trinajstić information content (AvgIpc) is 3.30. The van der Waals surface area contributed by atoms with Gasteiger partial charge in [0.25, 0.3) is 5.91 Å². The number of fused-ring (bicyclic) bond motifs is 1. The Morgan fingerprint density at radius 3 is 2.55 bits per heavy atom. The molecule has 0 aliphatic carbocycles. The van der Waals surface area contributed by atoms with Crippen LogP contribution < -0.4 is 10.7 Å². The Labute approximate surface area is 187 Å². The quantitative estimate of drug-likeness (QED) is 0.595. The predicted octanol–water partition coefficient (Wildman–Crippen LogP) is 4.88. The van der Waals surface area contributed by atoms with E-state index in [1.165, 1.54) is 30.0 Å². The number of aryl methyl sites for hydroxylation is 2. The van der Waals surface area contributed by atoms with E-state index in [1.807, 2.05) is 6.92 Å². The standard InChI is InChI=1S/C25H27ClN2O3/c1-3-17-6-8-18(9-7-17)21(28-10-4-5-11-28)15-27-25(30)24-14-22(29)19-13-20(26)16(2)12-23(19)31-24/h6-9,12-14,21H,3-5,10-11,15H2,1-2H3,(H,27,30)/t21-/m0/s1. The van der Waals surface area contributed by atoms with Crippen molar-refractivity contribution in [2.45, 2.75) is 39.2 Å². The van der Waals surface area contributed by atoms with E-state index in [0.29, 0.717) is 22.5 Å². The first-order chi connectivity index (χ1) is 15.0. The van der Waals surface area contributed by atoms with Gasteiger partial charge in [0.15, 0.2) is 11.2 Å². The zero-order chi connectivity index (χ0) is 22.0. The summed E-state index contributed by atoms with van der Waals surface area (Å²) >= 11 is 6.12. The zero-order valence-electron chi connectivity index (χ0n) is 17.9. The van der Waals surface area contributed by atoms with Crippen LogP contribution in [0.1, 0.15) is 53.1 Å². The van der Waals surface area contributed by atoms with Gasteiger partial charge in [0.1, 0.15) is 5.58 Å². The number of halogens is 1. The molecular formula is C25H27ClN2O3. The highest BCUT2D eigenvalue weighted by molar-refractivity contribution is 6.32. The number of carbonyl (C=O) groups excluding carboxylic acids is 1. The van der Waals surface area contributed by atoms with Gasteiger partial charge in [-0.3, -0.25) is 14.5 Å². The van der Waals surface area contributed by atoms with Gasteiger partial charge >= 0.3 is 0 Å². The van der Waals surface area contributed by atoms with Crippen LogP contribution >= 0.6 is 11.6 Å². The zero-order valence-corrected chi connectivity index (χ0v) is 18.7. The molecule has 162 valence electrons. The van der Waals surface area contributed by atoms with E-state index in [2.05, 4.69) is 41.4 Å². The minimum absolute atomic E-state index is 0.0146. The van der Waals surface area contributed by atoms with E-state index < -0.39 is 0 Å². The summed E-state index contributed by atoms with van der Waals surface area (Å²) in [5, 5.41) is 3.85. The summed E-state index contributed by atoms with van der Waals surface area (Å²) in [7, 11) is 0. The maximum Gasteiger partial charge on any atom is 0.287 e. The molecule has 1 aromatic heterocycles. The summed E-state index contributed by atoms with van der Waals surface area (Å²) in [5.74, 6) is -0.373. The number of nitrogens with zero attached hydrogens (tertiary/aromatic N) is 1. The summed E-state index contributed by atoms with van der Waals surface area (Å²) in [4.78, 5) is 27.8. The van der Waals surface area contributed by atoms with Crippen molar-refractivity contribution in [3.8, 4) is 0 Å². The number of likely N-dealkylation sites (tertiary alicyclic amines) is 1. The number of nitrogens with one attached hydrogen (secondary N) is 1. The van der Waals surface area contributed by atoms with Crippen LogP contribution in [0.25, 0.3) is 11.0 Å². The van der Waals surface area contributed by atoms with Gasteiger partial charge in [0.2, 0.25) is 0 Å². The van der Waals surface area contributed by atoms with Gasteiger partial charge in [0, 0.05) is 17.6 Å². The van der Waals surface area contributed by atoms with Gasteiger partial charge in [0.05, 0.1) is 11.4 Å². The van der Waals surface area contributed by atoms with Crippen LogP contribution in [-0.4, -0.2) is 30.4 Å². The fourth-order valence-electron chi connectivity index (χ4n) is 4.15. The highest BCUT2D eigenvalue weighted by Crippen LogP contribution is 2.26. The fourth-order valence-corrected chi connectivity index (χ4v) is 4.32. The van der Waals surface area contributed by atoms with Crippen molar-refractivity contribution < 1.29 is 9.21 Å². The highest BCUT2D eigenvalue weighted by Gasteiger charge is 2.24. The summed E-state index contributed by atoms with van der Waals surface area (Å²) in [6.45, 7) is 6.45. The second-order valence-corrected chi connectivity index (χ2v) is 8.54. The lowest BCUT2D eigenvalue weighted by atomic mass is 10.0. The average molecular weight is 439 g/mol. The van der Waals surface area contributed by atoms with Gasteiger partial charge in [-0.1, -0.05) is 42.8 Å². The van der Waals surface area contributed by atoms with Crippen molar-refractivity contribution in [1.82, 2.24) is 10.2 Å². The first-order valence-corrected chi connectivity index (χ1v) is 11.2. The predicted molar refractivity (Wildman–Crippen MR) is 124 cm³/mol. The van der Waals surface area contributed by atoms with Crippen molar-refractivity contribution in [2.75, 3.05) is 19.6 Å². The third kappa shape index (κ3) is 4.68. The van der Waals surface area contributed by atoms with Crippen LogP contribution in [0.2, 0.25) is 5.02 Å². The third-order valence-electron chi connectivity index (χ3n) is 6.04. The summed E-state index contributed by atoms with van der Waals surface area (Å²) in [6.07, 6.45) is 3.33. The van der Waals surface area contributed by atoms with E-state index in [-0.39, 0.29) is 23.1 Å². The van der Waals surface area contributed by atoms with Crippen LogP contribution in [0.4, 0.5) is 0 Å². The molecule has 6 heteroatoms. The Hall–Kier alpha value is -2.63. The fraction of sp³-hybridized carbons (Fsp3) is 0.360. The molecule has 0 spiro atoms. The minimum Gasteiger partial charge on any atom is -0.451 e. The van der Waals surface area contributed by atoms with Crippen molar-refractivity contribution in [2.24, 2.45) is 0 Å². The Morgan fingerprint density at radius 2 is 1.87 bits per heavy atom. The molecule has 0 unspecified atom stereocenters. The van der Waals surface area contributed by atoms with E-state index in [0.717, 1.165) is 25.1 Å². The number of hydrogen-bond acceptors (Lipinski definition) is 4. The summed E-state index contributed by atoms with van der Waals surface area (Å²) in [6, 6.07) is 13.2. The van der Waals surface area contributed by atoms with Crippen molar-refractivity contribution in [3.63, 3.8) is 0 Å². The van der Waals surface area contributed by atoms with Gasteiger partial charge in [-0.15, -0.1) is 0 Å². The highest BCUT2D eigenvalue weighted by atomic mass is 35.5. The number of rotatable bonds is 6. The summed E-state index contributed by atoms with van der Waals surface area (Å²) < 4.78 is 5.75. The van der Waals surface area contributed by atoms with Gasteiger partial charge in [-0.05, 0) is 68.1 Å². The maximum absolute atomic E-state index is 12.9. The molecule has 5 nitrogen and oxygen atoms in total. The molecule has 2 aromatic carbocycles. The normalized spacial score (nSPS) is 15.3. The van der Waals surface area contributed by atoms with E-state index in [9.17, 15) is 9.59 Å². The molecule has 1 atom stereocenters. The molecule has 0 bridgehead atoms. The smallest absolute Gasteiger partial charge is 0.287 e. The molecular weight excluding hydrogens is 412 g/mol. The van der Waals surface area contributed by atoms with Crippen LogP contribution in [-0.2, 0) is 6.42 Å². The molecule has 4 rings (SSSR count). The molecule has 1 saturated heterocycles. The molecule has 1 aliphatic heterocycles. The minimum atomic E-state index is -0.388. The first-order valence-electron chi connectivity index (χ1n) is 10.8. The molecule has 31 heavy (non-hydrogen) atoms. The van der Waals surface area contributed by atoms with Gasteiger partial charge < -0.3 is 9.73 Å². The lowest BCUT2D eigenvalue weighted by molar-refractivity contribution is 0.0910. The second-order valence-electron chi connectivity index (χ2n) is 8.14. The Bertz CT molecular complexity index is 1150. The van der Waals surface area contributed by atoms with Gasteiger partial charge in [-0.25, -0.2) is 0 Å². The second kappa shape index (κ2) is 9.25. The van der Waals surface area contributed by atoms with Crippen LogP contribution in [0.5, 0.6) is 0 Å². The number of benzene rings is 2. The van der Waals surface area contributed by atoms with E-state index in [1.54, 1.807) is 12.1 Å². The molecule has 1 N–H and O–H groups in total. The van der Waals surface area contributed by atoms with Crippen molar-refractivity contribution in [3.05, 3.63) is 80.2 Å². The Kier molecular flexibility index (Phi) is 6.44. The molecule has 1 amide bonds. The first kappa shape index (κ1) is 21.6. The van der Waals surface area contributed by atoms with Crippen molar-refractivity contribution >= 4 is 28.5 Å². The largest absolute Gasteiger partial charge is 0.451 e. The Morgan fingerprint density at radius 1 is 1.16 bits per heavy atom. The topological polar surface area (TPSA) is 62.6 Å². The molecule has 3 aromatic rings. The third-order valence-corrected chi connectivity index (χ3v) is 6.45. The summed E-state index contributed by atoms with van der Waals surface area (Å²) in [5.41, 5.74) is 3.36. The lowest BCUT2D eigenvalue weighted by Gasteiger charge is -2.28. The Balaban J connectivity index is 1.56. The monoisotopic (exact) mass is 438 g/mol. The van der Waals surface area contributed by atoms with E-state index >= 15 is 0 Å². The molecule has 2 heterocycles. The molecule has 0 saturated carbocycles. The van der Waals surface area contributed by atoms with Crippen LogP contribution in [0.15, 0.2) is 51.7 Å². The molecule has 1 aliphatic rings. The number of hydrogen-bond donors (Lipinski definition) is 1. The van der Waals surface area contributed by atoms with Crippen molar-refractivity contribution in [1.29, 1.82) is 0 Å². The van der Waals surface area contributed by atoms with Crippen LogP contribution in [0, 0.1) is 6.92 Å². The molecule has 1 fully saturated rings. The number of carbonyl (C=O) groups is 1. The van der Waals surface area contributed by atoms with E-state index in [4.69, 9.17) is 16.0 Å². The molecule has 0 radical (unpaired) electrons.